The van der Waals surface area contributed by atoms with Crippen LogP contribution in [0.15, 0.2) is 18.2 Å². The first kappa shape index (κ1) is 15.4. The van der Waals surface area contributed by atoms with Gasteiger partial charge in [-0.25, -0.2) is 0 Å². The average molecular weight is 291 g/mol. The van der Waals surface area contributed by atoms with Crippen molar-refractivity contribution in [2.24, 2.45) is 0 Å². The summed E-state index contributed by atoms with van der Waals surface area (Å²) >= 11 is 0. The Kier molecular flexibility index (Phi) is 4.83. The number of phenolic OH excluding ortho intramolecular Hbond substituents is 1. The molecule has 1 aromatic carbocycles. The molecule has 0 spiro atoms. The molecule has 1 amide bonds. The van der Waals surface area contributed by atoms with Gasteiger partial charge in [-0.3, -0.25) is 9.59 Å². The molecule has 1 aliphatic rings. The number of carbonyl (C=O) groups is 2. The van der Waals surface area contributed by atoms with Crippen molar-refractivity contribution >= 4 is 11.7 Å². The number of hydrogen-bond acceptors (Lipinski definition) is 4. The van der Waals surface area contributed by atoms with Gasteiger partial charge in [0.2, 0.25) is 0 Å². The van der Waals surface area contributed by atoms with Gasteiger partial charge in [0.1, 0.15) is 17.3 Å². The largest absolute Gasteiger partial charge is 0.507 e. The summed E-state index contributed by atoms with van der Waals surface area (Å²) < 4.78 is 5.10. The van der Waals surface area contributed by atoms with E-state index < -0.39 is 0 Å². The molecule has 0 radical (unpaired) electrons. The molecule has 5 nitrogen and oxygen atoms in total. The van der Waals surface area contributed by atoms with Crippen LogP contribution in [0.4, 0.5) is 0 Å². The SMILES string of the molecule is COc1ccc(O)c(C(=O)N2CCCCC2CC(C)=O)c1. The number of ether oxygens (including phenoxy) is 1. The molecule has 1 aliphatic heterocycles. The predicted molar refractivity (Wildman–Crippen MR) is 78.6 cm³/mol. The van der Waals surface area contributed by atoms with E-state index in [2.05, 4.69) is 0 Å². The number of carbonyl (C=O) groups excluding carboxylic acids is 2. The second-order valence-electron chi connectivity index (χ2n) is 5.44. The highest BCUT2D eigenvalue weighted by atomic mass is 16.5. The Balaban J connectivity index is 2.26. The zero-order valence-electron chi connectivity index (χ0n) is 12.5. The molecule has 114 valence electrons. The molecule has 1 heterocycles. The van der Waals surface area contributed by atoms with Gasteiger partial charge in [0.05, 0.1) is 12.7 Å². The van der Waals surface area contributed by atoms with Crippen molar-refractivity contribution in [1.82, 2.24) is 4.90 Å². The zero-order valence-corrected chi connectivity index (χ0v) is 12.5. The van der Waals surface area contributed by atoms with Crippen molar-refractivity contribution in [2.45, 2.75) is 38.6 Å². The molecule has 1 N–H and O–H groups in total. The molecule has 21 heavy (non-hydrogen) atoms. The van der Waals surface area contributed by atoms with Crippen LogP contribution in [0.3, 0.4) is 0 Å². The lowest BCUT2D eigenvalue weighted by molar-refractivity contribution is -0.118. The van der Waals surface area contributed by atoms with E-state index in [1.807, 2.05) is 0 Å². The summed E-state index contributed by atoms with van der Waals surface area (Å²) in [6.45, 7) is 2.16. The minimum absolute atomic E-state index is 0.0621. The third-order valence-electron chi connectivity index (χ3n) is 3.85. The van der Waals surface area contributed by atoms with Gasteiger partial charge < -0.3 is 14.7 Å². The van der Waals surface area contributed by atoms with Gasteiger partial charge >= 0.3 is 0 Å². The second-order valence-corrected chi connectivity index (χ2v) is 5.44. The molecule has 0 aromatic heterocycles. The van der Waals surface area contributed by atoms with E-state index in [4.69, 9.17) is 4.74 Å². The van der Waals surface area contributed by atoms with Crippen LogP contribution in [0.1, 0.15) is 43.0 Å². The molecule has 2 rings (SSSR count). The summed E-state index contributed by atoms with van der Waals surface area (Å²) in [5, 5.41) is 9.93. The number of methoxy groups -OCH3 is 1. The van der Waals surface area contributed by atoms with Crippen LogP contribution in [0.2, 0.25) is 0 Å². The highest BCUT2D eigenvalue weighted by molar-refractivity contribution is 5.97. The zero-order chi connectivity index (χ0) is 15.4. The van der Waals surface area contributed by atoms with E-state index in [1.165, 1.54) is 19.2 Å². The number of rotatable bonds is 4. The van der Waals surface area contributed by atoms with Gasteiger partial charge in [-0.1, -0.05) is 0 Å². The van der Waals surface area contributed by atoms with Crippen molar-refractivity contribution in [3.63, 3.8) is 0 Å². The number of phenols is 1. The number of amides is 1. The van der Waals surface area contributed by atoms with Crippen LogP contribution in [-0.4, -0.2) is 41.4 Å². The smallest absolute Gasteiger partial charge is 0.258 e. The lowest BCUT2D eigenvalue weighted by Crippen LogP contribution is -2.44. The van der Waals surface area contributed by atoms with Gasteiger partial charge in [0.15, 0.2) is 0 Å². The minimum atomic E-state index is -0.239. The van der Waals surface area contributed by atoms with Crippen molar-refractivity contribution in [3.8, 4) is 11.5 Å². The summed E-state index contributed by atoms with van der Waals surface area (Å²) in [5.74, 6) is 0.302. The summed E-state index contributed by atoms with van der Waals surface area (Å²) in [5.41, 5.74) is 0.227. The number of Topliss-reactive ketones (excluding diaryl/α,β-unsaturated/α-hetero) is 1. The number of ketones is 1. The lowest BCUT2D eigenvalue weighted by Gasteiger charge is -2.35. The third-order valence-corrected chi connectivity index (χ3v) is 3.85. The Morgan fingerprint density at radius 3 is 2.81 bits per heavy atom. The summed E-state index contributed by atoms with van der Waals surface area (Å²) in [4.78, 5) is 25.8. The summed E-state index contributed by atoms with van der Waals surface area (Å²) in [6.07, 6.45) is 3.14. The minimum Gasteiger partial charge on any atom is -0.507 e. The van der Waals surface area contributed by atoms with E-state index in [0.29, 0.717) is 18.7 Å². The standard InChI is InChI=1S/C16H21NO4/c1-11(18)9-12-5-3-4-8-17(12)16(20)14-10-13(21-2)6-7-15(14)19/h6-7,10,12,19H,3-5,8-9H2,1-2H3. The number of benzene rings is 1. The Labute approximate surface area is 124 Å². The molecule has 1 unspecified atom stereocenters. The maximum absolute atomic E-state index is 12.7. The number of hydrogen-bond donors (Lipinski definition) is 1. The molecular weight excluding hydrogens is 270 g/mol. The number of nitrogens with zero attached hydrogens (tertiary/aromatic N) is 1. The second kappa shape index (κ2) is 6.61. The van der Waals surface area contributed by atoms with E-state index in [1.54, 1.807) is 17.9 Å². The quantitative estimate of drug-likeness (QED) is 0.925. The average Bonchev–Trinajstić information content (AvgIpc) is 2.47. The number of aromatic hydroxyl groups is 1. The molecule has 1 saturated heterocycles. The molecule has 1 aromatic rings. The Bertz CT molecular complexity index is 541. The third kappa shape index (κ3) is 3.54. The monoisotopic (exact) mass is 291 g/mol. The van der Waals surface area contributed by atoms with Crippen molar-refractivity contribution in [1.29, 1.82) is 0 Å². The van der Waals surface area contributed by atoms with E-state index in [0.717, 1.165) is 19.3 Å². The highest BCUT2D eigenvalue weighted by Gasteiger charge is 2.29. The highest BCUT2D eigenvalue weighted by Crippen LogP contribution is 2.28. The van der Waals surface area contributed by atoms with Crippen molar-refractivity contribution in [2.75, 3.05) is 13.7 Å². The van der Waals surface area contributed by atoms with Crippen LogP contribution in [0, 0.1) is 0 Å². The van der Waals surface area contributed by atoms with Gasteiger partial charge in [0.25, 0.3) is 5.91 Å². The van der Waals surface area contributed by atoms with Crippen molar-refractivity contribution < 1.29 is 19.4 Å². The molecule has 0 aliphatic carbocycles. The molecule has 0 bridgehead atoms. The molecular formula is C16H21NO4. The van der Waals surface area contributed by atoms with E-state index in [9.17, 15) is 14.7 Å². The lowest BCUT2D eigenvalue weighted by atomic mass is 9.96. The maximum atomic E-state index is 12.7. The first-order valence-electron chi connectivity index (χ1n) is 7.20. The fraction of sp³-hybridized carbons (Fsp3) is 0.500. The number of likely N-dealkylation sites (tertiary alicyclic amines) is 1. The fourth-order valence-electron chi connectivity index (χ4n) is 2.78. The maximum Gasteiger partial charge on any atom is 0.258 e. The number of piperidine rings is 1. The summed E-state index contributed by atoms with van der Waals surface area (Å²) in [7, 11) is 1.51. The van der Waals surface area contributed by atoms with Gasteiger partial charge in [-0.05, 0) is 44.4 Å². The Morgan fingerprint density at radius 1 is 1.38 bits per heavy atom. The Hall–Kier alpha value is -2.04. The van der Waals surface area contributed by atoms with Crippen LogP contribution < -0.4 is 4.74 Å². The Morgan fingerprint density at radius 2 is 2.14 bits per heavy atom. The molecule has 1 fully saturated rings. The van der Waals surface area contributed by atoms with Gasteiger partial charge in [-0.15, -0.1) is 0 Å². The first-order valence-corrected chi connectivity index (χ1v) is 7.20. The fourth-order valence-corrected chi connectivity index (χ4v) is 2.78. The molecule has 5 heteroatoms. The van der Waals surface area contributed by atoms with Crippen LogP contribution >= 0.6 is 0 Å². The predicted octanol–water partition coefficient (Wildman–Crippen LogP) is 2.37. The normalized spacial score (nSPS) is 18.4. The van der Waals surface area contributed by atoms with Gasteiger partial charge in [0, 0.05) is 19.0 Å². The molecule has 1 atom stereocenters. The van der Waals surface area contributed by atoms with Crippen LogP contribution in [-0.2, 0) is 4.79 Å². The molecule has 0 saturated carbocycles. The first-order chi connectivity index (χ1) is 10.0. The summed E-state index contributed by atoms with van der Waals surface area (Å²) in [6, 6.07) is 4.52. The van der Waals surface area contributed by atoms with Crippen LogP contribution in [0.25, 0.3) is 0 Å². The van der Waals surface area contributed by atoms with E-state index >= 15 is 0 Å². The van der Waals surface area contributed by atoms with Crippen molar-refractivity contribution in [3.05, 3.63) is 23.8 Å². The van der Waals surface area contributed by atoms with Gasteiger partial charge in [-0.2, -0.15) is 0 Å². The van der Waals surface area contributed by atoms with E-state index in [-0.39, 0.29) is 29.0 Å². The van der Waals surface area contributed by atoms with Crippen LogP contribution in [0.5, 0.6) is 11.5 Å². The topological polar surface area (TPSA) is 66.8 Å².